The van der Waals surface area contributed by atoms with Gasteiger partial charge >= 0.3 is 0 Å². The minimum absolute atomic E-state index is 0.289. The molecule has 3 aliphatic rings. The highest BCUT2D eigenvalue weighted by Crippen LogP contribution is 2.69. The second-order valence-corrected chi connectivity index (χ2v) is 10.9. The van der Waals surface area contributed by atoms with Gasteiger partial charge in [0.25, 0.3) is 0 Å². The minimum atomic E-state index is -1.75. The standard InChI is InChI=1S/C28H29BrN2O4/c1-31(20-12-13-20)16-21-24(17-6-4-3-5-7-17)28(18-8-10-19(29)11-9-18)27(33,26(21)32)25-22(34-2)14-30-15-23(25)35-28/h3-11,14-15,20-21,24,26,32-33H,12-13,16H2,1-2H3. The molecule has 2 fully saturated rings. The maximum absolute atomic E-state index is 12.8. The monoisotopic (exact) mass is 536 g/mol. The zero-order valence-corrected chi connectivity index (χ0v) is 21.4. The number of fused-ring (bicyclic) bond motifs is 3. The van der Waals surface area contributed by atoms with Gasteiger partial charge < -0.3 is 24.6 Å². The minimum Gasteiger partial charge on any atom is -0.495 e. The molecule has 1 aliphatic heterocycles. The fourth-order valence-electron chi connectivity index (χ4n) is 6.43. The molecule has 0 saturated heterocycles. The number of ether oxygens (including phenoxy) is 2. The highest BCUT2D eigenvalue weighted by molar-refractivity contribution is 9.10. The van der Waals surface area contributed by atoms with E-state index in [1.165, 1.54) is 0 Å². The Kier molecular flexibility index (Phi) is 5.45. The molecule has 2 heterocycles. The molecule has 2 aromatic carbocycles. The molecule has 3 aromatic rings. The van der Waals surface area contributed by atoms with Crippen LogP contribution in [0.15, 0.2) is 71.5 Å². The molecule has 1 aromatic heterocycles. The van der Waals surface area contributed by atoms with E-state index in [1.807, 2.05) is 42.5 Å². The van der Waals surface area contributed by atoms with Crippen LogP contribution in [0.5, 0.6) is 11.5 Å². The molecule has 0 bridgehead atoms. The third kappa shape index (κ3) is 3.22. The molecule has 5 unspecified atom stereocenters. The zero-order chi connectivity index (χ0) is 24.4. The van der Waals surface area contributed by atoms with Crippen LogP contribution in [0.3, 0.4) is 0 Å². The smallest absolute Gasteiger partial charge is 0.177 e. The van der Waals surface area contributed by atoms with Crippen molar-refractivity contribution in [2.45, 2.75) is 42.1 Å². The SMILES string of the molecule is COc1cncc2c1C1(O)C(O)C(CN(C)C3CC3)C(c3ccccc3)C1(c1ccc(Br)cc1)O2. The molecule has 2 N–H and O–H groups in total. The summed E-state index contributed by atoms with van der Waals surface area (Å²) >= 11 is 3.54. The summed E-state index contributed by atoms with van der Waals surface area (Å²) in [6.45, 7) is 0.637. The molecular weight excluding hydrogens is 508 g/mol. The number of rotatable bonds is 6. The molecular formula is C28H29BrN2O4. The molecule has 6 rings (SSSR count). The Morgan fingerprint density at radius 1 is 1.11 bits per heavy atom. The predicted molar refractivity (Wildman–Crippen MR) is 135 cm³/mol. The van der Waals surface area contributed by atoms with E-state index in [9.17, 15) is 10.2 Å². The Hall–Kier alpha value is -2.45. The first-order chi connectivity index (χ1) is 16.9. The highest BCUT2D eigenvalue weighted by Gasteiger charge is 2.76. The molecule has 2 saturated carbocycles. The topological polar surface area (TPSA) is 75.0 Å². The van der Waals surface area contributed by atoms with Gasteiger partial charge in [0.05, 0.1) is 31.2 Å². The van der Waals surface area contributed by atoms with Crippen LogP contribution < -0.4 is 9.47 Å². The second-order valence-electron chi connectivity index (χ2n) is 9.99. The lowest BCUT2D eigenvalue weighted by Gasteiger charge is -2.41. The van der Waals surface area contributed by atoms with Crippen molar-refractivity contribution >= 4 is 15.9 Å². The van der Waals surface area contributed by atoms with Crippen LogP contribution in [0.2, 0.25) is 0 Å². The van der Waals surface area contributed by atoms with E-state index >= 15 is 0 Å². The van der Waals surface area contributed by atoms with Gasteiger partial charge in [-0.15, -0.1) is 0 Å². The van der Waals surface area contributed by atoms with Crippen molar-refractivity contribution in [3.8, 4) is 11.5 Å². The van der Waals surface area contributed by atoms with Crippen LogP contribution in [0.25, 0.3) is 0 Å². The van der Waals surface area contributed by atoms with Crippen LogP contribution in [0.4, 0.5) is 0 Å². The second kappa shape index (κ2) is 8.30. The fraction of sp³-hybridized carbons (Fsp3) is 0.393. The molecule has 182 valence electrons. The Morgan fingerprint density at radius 2 is 1.83 bits per heavy atom. The van der Waals surface area contributed by atoms with Gasteiger partial charge in [-0.3, -0.25) is 4.98 Å². The summed E-state index contributed by atoms with van der Waals surface area (Å²) in [7, 11) is 3.66. The van der Waals surface area contributed by atoms with Crippen molar-refractivity contribution in [3.05, 3.63) is 88.2 Å². The van der Waals surface area contributed by atoms with Gasteiger partial charge in [0, 0.05) is 28.9 Å². The van der Waals surface area contributed by atoms with Gasteiger partial charge in [-0.2, -0.15) is 0 Å². The zero-order valence-electron chi connectivity index (χ0n) is 19.8. The maximum Gasteiger partial charge on any atom is 0.177 e. The van der Waals surface area contributed by atoms with Gasteiger partial charge in [0.1, 0.15) is 11.5 Å². The van der Waals surface area contributed by atoms with E-state index in [0.29, 0.717) is 29.6 Å². The maximum atomic E-state index is 12.8. The van der Waals surface area contributed by atoms with Gasteiger partial charge in [0.2, 0.25) is 0 Å². The van der Waals surface area contributed by atoms with Crippen LogP contribution in [-0.2, 0) is 11.2 Å². The van der Waals surface area contributed by atoms with E-state index in [0.717, 1.165) is 28.4 Å². The van der Waals surface area contributed by atoms with Gasteiger partial charge in [-0.05, 0) is 43.1 Å². The fourth-order valence-corrected chi connectivity index (χ4v) is 6.69. The Labute approximate surface area is 213 Å². The van der Waals surface area contributed by atoms with Gasteiger partial charge in [0.15, 0.2) is 11.2 Å². The summed E-state index contributed by atoms with van der Waals surface area (Å²) < 4.78 is 13.4. The number of aromatic nitrogens is 1. The number of nitrogens with zero attached hydrogens (tertiary/aromatic N) is 2. The van der Waals surface area contributed by atoms with E-state index in [2.05, 4.69) is 45.0 Å². The molecule has 6 nitrogen and oxygen atoms in total. The lowest BCUT2D eigenvalue weighted by molar-refractivity contribution is -0.152. The lowest BCUT2D eigenvalue weighted by Crippen LogP contribution is -2.52. The molecule has 0 spiro atoms. The number of pyridine rings is 1. The molecule has 35 heavy (non-hydrogen) atoms. The predicted octanol–water partition coefficient (Wildman–Crippen LogP) is 4.20. The van der Waals surface area contributed by atoms with E-state index < -0.39 is 17.3 Å². The van der Waals surface area contributed by atoms with Crippen molar-refractivity contribution < 1.29 is 19.7 Å². The summed E-state index contributed by atoms with van der Waals surface area (Å²) in [4.78, 5) is 6.60. The molecule has 0 radical (unpaired) electrons. The van der Waals surface area contributed by atoms with E-state index in [-0.39, 0.29) is 11.8 Å². The number of methoxy groups -OCH3 is 1. The largest absolute Gasteiger partial charge is 0.495 e. The number of benzene rings is 2. The molecule has 2 aliphatic carbocycles. The first kappa shape index (κ1) is 23.0. The molecule has 5 atom stereocenters. The number of hydrogen-bond acceptors (Lipinski definition) is 6. The van der Waals surface area contributed by atoms with Crippen molar-refractivity contribution in [1.82, 2.24) is 9.88 Å². The summed E-state index contributed by atoms with van der Waals surface area (Å²) in [5, 5.41) is 24.9. The first-order valence-corrected chi connectivity index (χ1v) is 12.8. The van der Waals surface area contributed by atoms with Crippen molar-refractivity contribution in [1.29, 1.82) is 0 Å². The van der Waals surface area contributed by atoms with Crippen LogP contribution in [-0.4, -0.2) is 52.9 Å². The number of hydrogen-bond donors (Lipinski definition) is 2. The molecule has 0 amide bonds. The first-order valence-electron chi connectivity index (χ1n) is 12.0. The van der Waals surface area contributed by atoms with Crippen LogP contribution >= 0.6 is 15.9 Å². The van der Waals surface area contributed by atoms with Gasteiger partial charge in [-0.25, -0.2) is 0 Å². The average molecular weight is 537 g/mol. The van der Waals surface area contributed by atoms with Crippen molar-refractivity contribution in [2.24, 2.45) is 5.92 Å². The number of aliphatic hydroxyl groups is 2. The van der Waals surface area contributed by atoms with Crippen molar-refractivity contribution in [2.75, 3.05) is 20.7 Å². The Morgan fingerprint density at radius 3 is 2.49 bits per heavy atom. The lowest BCUT2D eigenvalue weighted by atomic mass is 9.70. The highest BCUT2D eigenvalue weighted by atomic mass is 79.9. The Balaban J connectivity index is 1.63. The van der Waals surface area contributed by atoms with E-state index in [4.69, 9.17) is 9.47 Å². The van der Waals surface area contributed by atoms with Gasteiger partial charge in [-0.1, -0.05) is 58.4 Å². The summed E-state index contributed by atoms with van der Waals surface area (Å²) in [6, 6.07) is 18.5. The number of aliphatic hydroxyl groups excluding tert-OH is 1. The average Bonchev–Trinajstić information content (AvgIpc) is 3.67. The third-order valence-corrected chi connectivity index (χ3v) is 8.64. The summed E-state index contributed by atoms with van der Waals surface area (Å²) in [5.74, 6) is 0.223. The summed E-state index contributed by atoms with van der Waals surface area (Å²) in [5.41, 5.74) is -0.754. The summed E-state index contributed by atoms with van der Waals surface area (Å²) in [6.07, 6.45) is 4.41. The van der Waals surface area contributed by atoms with Crippen LogP contribution in [0, 0.1) is 5.92 Å². The third-order valence-electron chi connectivity index (χ3n) is 8.12. The quantitative estimate of drug-likeness (QED) is 0.491. The van der Waals surface area contributed by atoms with Crippen LogP contribution in [0.1, 0.15) is 35.4 Å². The normalized spacial score (nSPS) is 31.2. The Bertz CT molecular complexity index is 1240. The van der Waals surface area contributed by atoms with E-state index in [1.54, 1.807) is 19.5 Å². The number of halogens is 1. The van der Waals surface area contributed by atoms with Crippen molar-refractivity contribution in [3.63, 3.8) is 0 Å². The molecule has 7 heteroatoms.